The lowest BCUT2D eigenvalue weighted by Gasteiger charge is -2.31. The van der Waals surface area contributed by atoms with Crippen molar-refractivity contribution in [3.63, 3.8) is 0 Å². The van der Waals surface area contributed by atoms with Gasteiger partial charge in [0.15, 0.2) is 0 Å². The van der Waals surface area contributed by atoms with Gasteiger partial charge in [-0.05, 0) is 48.2 Å². The van der Waals surface area contributed by atoms with Crippen LogP contribution in [0.1, 0.15) is 29.7 Å². The first-order valence-corrected chi connectivity index (χ1v) is 6.60. The average Bonchev–Trinajstić information content (AvgIpc) is 2.46. The van der Waals surface area contributed by atoms with Crippen LogP contribution in [0.5, 0.6) is 5.75 Å². The van der Waals surface area contributed by atoms with Crippen LogP contribution >= 0.6 is 0 Å². The van der Waals surface area contributed by atoms with Crippen molar-refractivity contribution in [3.05, 3.63) is 59.4 Å². The molecule has 2 unspecified atom stereocenters. The fourth-order valence-corrected chi connectivity index (χ4v) is 2.72. The minimum absolute atomic E-state index is 0.221. The molecule has 1 aliphatic rings. The number of nitrogens with one attached hydrogen (secondary N) is 1. The van der Waals surface area contributed by atoms with Crippen LogP contribution in [0, 0.1) is 0 Å². The van der Waals surface area contributed by atoms with Gasteiger partial charge in [-0.25, -0.2) is 0 Å². The molecule has 0 radical (unpaired) electrons. The molecule has 0 saturated carbocycles. The predicted molar refractivity (Wildman–Crippen MR) is 75.4 cm³/mol. The maximum Gasteiger partial charge on any atom is 0.118 e. The van der Waals surface area contributed by atoms with E-state index >= 15 is 0 Å². The molecule has 1 aliphatic heterocycles. The van der Waals surface area contributed by atoms with E-state index in [-0.39, 0.29) is 6.04 Å². The average molecular weight is 254 g/mol. The summed E-state index contributed by atoms with van der Waals surface area (Å²) in [7, 11) is 1.69. The van der Waals surface area contributed by atoms with Crippen molar-refractivity contribution >= 4 is 0 Å². The molecule has 98 valence electrons. The number of ether oxygens (including phenoxy) is 1. The zero-order valence-electron chi connectivity index (χ0n) is 11.3. The number of pyridine rings is 1. The van der Waals surface area contributed by atoms with Crippen LogP contribution in [0.2, 0.25) is 0 Å². The van der Waals surface area contributed by atoms with Gasteiger partial charge < -0.3 is 10.1 Å². The molecule has 1 N–H and O–H groups in total. The SMILES string of the molecule is COc1ccc(C2NC(C)Cc3ccncc32)cc1. The van der Waals surface area contributed by atoms with Crippen molar-refractivity contribution in [3.8, 4) is 5.75 Å². The molecule has 0 aliphatic carbocycles. The second-order valence-electron chi connectivity index (χ2n) is 5.05. The molecule has 0 fully saturated rings. The second kappa shape index (κ2) is 5.02. The van der Waals surface area contributed by atoms with E-state index < -0.39 is 0 Å². The second-order valence-corrected chi connectivity index (χ2v) is 5.05. The van der Waals surface area contributed by atoms with Crippen molar-refractivity contribution in [1.82, 2.24) is 10.3 Å². The van der Waals surface area contributed by atoms with Gasteiger partial charge in [-0.3, -0.25) is 4.98 Å². The van der Waals surface area contributed by atoms with Crippen LogP contribution in [0.15, 0.2) is 42.7 Å². The summed E-state index contributed by atoms with van der Waals surface area (Å²) in [5.41, 5.74) is 3.93. The Labute approximate surface area is 113 Å². The van der Waals surface area contributed by atoms with Gasteiger partial charge in [0.25, 0.3) is 0 Å². The maximum atomic E-state index is 5.21. The van der Waals surface area contributed by atoms with E-state index in [4.69, 9.17) is 4.74 Å². The van der Waals surface area contributed by atoms with Crippen molar-refractivity contribution in [2.75, 3.05) is 7.11 Å². The zero-order valence-corrected chi connectivity index (χ0v) is 11.3. The highest BCUT2D eigenvalue weighted by Crippen LogP contribution is 2.30. The highest BCUT2D eigenvalue weighted by Gasteiger charge is 2.24. The molecule has 3 nitrogen and oxygen atoms in total. The van der Waals surface area contributed by atoms with Crippen molar-refractivity contribution in [2.45, 2.75) is 25.4 Å². The van der Waals surface area contributed by atoms with Crippen molar-refractivity contribution in [2.24, 2.45) is 0 Å². The molecule has 19 heavy (non-hydrogen) atoms. The normalized spacial score (nSPS) is 21.8. The molecule has 3 heteroatoms. The van der Waals surface area contributed by atoms with E-state index in [1.807, 2.05) is 24.5 Å². The third kappa shape index (κ3) is 2.34. The third-order valence-corrected chi connectivity index (χ3v) is 3.68. The van der Waals surface area contributed by atoms with Crippen LogP contribution in [-0.2, 0) is 6.42 Å². The third-order valence-electron chi connectivity index (χ3n) is 3.68. The van der Waals surface area contributed by atoms with Crippen LogP contribution in [0.3, 0.4) is 0 Å². The smallest absolute Gasteiger partial charge is 0.118 e. The first-order valence-electron chi connectivity index (χ1n) is 6.60. The number of nitrogens with zero attached hydrogens (tertiary/aromatic N) is 1. The summed E-state index contributed by atoms with van der Waals surface area (Å²) in [6.07, 6.45) is 4.91. The van der Waals surface area contributed by atoms with Crippen LogP contribution in [-0.4, -0.2) is 18.1 Å². The lowest BCUT2D eigenvalue weighted by molar-refractivity contribution is 0.414. The van der Waals surface area contributed by atoms with E-state index in [1.165, 1.54) is 16.7 Å². The number of hydrogen-bond donors (Lipinski definition) is 1. The Morgan fingerprint density at radius 3 is 2.74 bits per heavy atom. The van der Waals surface area contributed by atoms with Gasteiger partial charge >= 0.3 is 0 Å². The number of hydrogen-bond acceptors (Lipinski definition) is 3. The first kappa shape index (κ1) is 12.2. The fraction of sp³-hybridized carbons (Fsp3) is 0.312. The maximum absolute atomic E-state index is 5.21. The summed E-state index contributed by atoms with van der Waals surface area (Å²) in [5.74, 6) is 0.888. The van der Waals surface area contributed by atoms with Crippen LogP contribution < -0.4 is 10.1 Å². The molecule has 0 amide bonds. The lowest BCUT2D eigenvalue weighted by Crippen LogP contribution is -2.37. The summed E-state index contributed by atoms with van der Waals surface area (Å²) in [5, 5.41) is 3.65. The Morgan fingerprint density at radius 2 is 2.00 bits per heavy atom. The molecular formula is C16H18N2O. The number of fused-ring (bicyclic) bond motifs is 1. The quantitative estimate of drug-likeness (QED) is 0.894. The number of benzene rings is 1. The number of aromatic nitrogens is 1. The molecule has 0 saturated heterocycles. The molecule has 0 bridgehead atoms. The van der Waals surface area contributed by atoms with Crippen molar-refractivity contribution in [1.29, 1.82) is 0 Å². The Hall–Kier alpha value is -1.87. The van der Waals surface area contributed by atoms with Gasteiger partial charge in [-0.1, -0.05) is 12.1 Å². The largest absolute Gasteiger partial charge is 0.497 e. The Balaban J connectivity index is 1.99. The molecule has 1 aromatic carbocycles. The molecule has 2 atom stereocenters. The Kier molecular flexibility index (Phi) is 3.22. The highest BCUT2D eigenvalue weighted by atomic mass is 16.5. The highest BCUT2D eigenvalue weighted by molar-refractivity contribution is 5.40. The van der Waals surface area contributed by atoms with Gasteiger partial charge in [0.2, 0.25) is 0 Å². The minimum atomic E-state index is 0.221. The summed E-state index contributed by atoms with van der Waals surface area (Å²) < 4.78 is 5.21. The summed E-state index contributed by atoms with van der Waals surface area (Å²) >= 11 is 0. The van der Waals surface area contributed by atoms with E-state index in [9.17, 15) is 0 Å². The van der Waals surface area contributed by atoms with Crippen molar-refractivity contribution < 1.29 is 4.74 Å². The molecule has 2 heterocycles. The van der Waals surface area contributed by atoms with E-state index in [0.717, 1.165) is 12.2 Å². The van der Waals surface area contributed by atoms with Crippen LogP contribution in [0.4, 0.5) is 0 Å². The number of methoxy groups -OCH3 is 1. The molecule has 3 rings (SSSR count). The Morgan fingerprint density at radius 1 is 1.21 bits per heavy atom. The van der Waals surface area contributed by atoms with Gasteiger partial charge in [0.1, 0.15) is 5.75 Å². The predicted octanol–water partition coefficient (Wildman–Crippen LogP) is 2.71. The first-order chi connectivity index (χ1) is 9.28. The van der Waals surface area contributed by atoms with E-state index in [2.05, 4.69) is 35.4 Å². The van der Waals surface area contributed by atoms with E-state index in [1.54, 1.807) is 7.11 Å². The monoisotopic (exact) mass is 254 g/mol. The molecule has 0 spiro atoms. The summed E-state index contributed by atoms with van der Waals surface area (Å²) in [6.45, 7) is 2.22. The fourth-order valence-electron chi connectivity index (χ4n) is 2.72. The Bertz CT molecular complexity index is 565. The van der Waals surface area contributed by atoms with Gasteiger partial charge in [-0.15, -0.1) is 0 Å². The summed E-state index contributed by atoms with van der Waals surface area (Å²) in [4.78, 5) is 4.27. The molecular weight excluding hydrogens is 236 g/mol. The molecule has 1 aromatic heterocycles. The lowest BCUT2D eigenvalue weighted by atomic mass is 9.88. The van der Waals surface area contributed by atoms with E-state index in [0.29, 0.717) is 6.04 Å². The van der Waals surface area contributed by atoms with Gasteiger partial charge in [-0.2, -0.15) is 0 Å². The van der Waals surface area contributed by atoms with Crippen LogP contribution in [0.25, 0.3) is 0 Å². The topological polar surface area (TPSA) is 34.1 Å². The van der Waals surface area contributed by atoms with Gasteiger partial charge in [0.05, 0.1) is 13.2 Å². The standard InChI is InChI=1S/C16H18N2O/c1-11-9-13-7-8-17-10-15(13)16(18-11)12-3-5-14(19-2)6-4-12/h3-8,10-11,16,18H,9H2,1-2H3. The summed E-state index contributed by atoms with van der Waals surface area (Å²) in [6, 6.07) is 11.1. The molecule has 2 aromatic rings. The minimum Gasteiger partial charge on any atom is -0.497 e. The van der Waals surface area contributed by atoms with Gasteiger partial charge in [0, 0.05) is 18.4 Å². The number of rotatable bonds is 2. The zero-order chi connectivity index (χ0) is 13.2.